The van der Waals surface area contributed by atoms with Crippen molar-refractivity contribution in [3.05, 3.63) is 59.8 Å². The zero-order valence-electron chi connectivity index (χ0n) is 14.1. The third-order valence-corrected chi connectivity index (χ3v) is 4.07. The number of methoxy groups -OCH3 is 2. The van der Waals surface area contributed by atoms with E-state index in [1.165, 1.54) is 6.20 Å². The maximum Gasteiger partial charge on any atom is 0.149 e. The first-order valence-electron chi connectivity index (χ1n) is 7.76. The summed E-state index contributed by atoms with van der Waals surface area (Å²) in [4.78, 5) is 3.94. The third kappa shape index (κ3) is 3.20. The molecule has 0 saturated heterocycles. The highest BCUT2D eigenvalue weighted by Crippen LogP contribution is 2.33. The normalized spacial score (nSPS) is 12.0. The molecule has 0 aliphatic heterocycles. The Labute approximate surface area is 144 Å². The van der Waals surface area contributed by atoms with E-state index in [0.717, 1.165) is 17.7 Å². The number of benzene rings is 2. The molecule has 4 nitrogen and oxygen atoms in total. The van der Waals surface area contributed by atoms with E-state index in [9.17, 15) is 8.78 Å². The fourth-order valence-corrected chi connectivity index (χ4v) is 2.80. The van der Waals surface area contributed by atoms with Crippen LogP contribution in [0.3, 0.4) is 0 Å². The van der Waals surface area contributed by atoms with E-state index in [1.807, 2.05) is 19.1 Å². The SMILES string of the molecule is COc1ccc(C(C)Nc2ccnc3c(F)ccc(F)c23)c(OC)c1. The lowest BCUT2D eigenvalue weighted by atomic mass is 10.1. The van der Waals surface area contributed by atoms with Crippen LogP contribution in [0.2, 0.25) is 0 Å². The Kier molecular flexibility index (Phi) is 4.70. The van der Waals surface area contributed by atoms with Gasteiger partial charge in [0.25, 0.3) is 0 Å². The molecule has 0 saturated carbocycles. The second-order valence-corrected chi connectivity index (χ2v) is 5.59. The largest absolute Gasteiger partial charge is 0.497 e. The van der Waals surface area contributed by atoms with Crippen LogP contribution in [0, 0.1) is 11.6 Å². The molecule has 0 spiro atoms. The molecular weight excluding hydrogens is 326 g/mol. The zero-order chi connectivity index (χ0) is 18.0. The van der Waals surface area contributed by atoms with Gasteiger partial charge in [-0.15, -0.1) is 0 Å². The van der Waals surface area contributed by atoms with E-state index in [1.54, 1.807) is 26.4 Å². The van der Waals surface area contributed by atoms with Crippen molar-refractivity contribution in [1.82, 2.24) is 4.98 Å². The van der Waals surface area contributed by atoms with Crippen LogP contribution in [-0.2, 0) is 0 Å². The molecule has 0 bridgehead atoms. The van der Waals surface area contributed by atoms with Gasteiger partial charge < -0.3 is 14.8 Å². The van der Waals surface area contributed by atoms with Crippen molar-refractivity contribution >= 4 is 16.6 Å². The second kappa shape index (κ2) is 6.93. The van der Waals surface area contributed by atoms with E-state index in [2.05, 4.69) is 10.3 Å². The number of ether oxygens (including phenoxy) is 2. The van der Waals surface area contributed by atoms with Gasteiger partial charge in [-0.25, -0.2) is 8.78 Å². The highest BCUT2D eigenvalue weighted by Gasteiger charge is 2.16. The van der Waals surface area contributed by atoms with Crippen molar-refractivity contribution in [1.29, 1.82) is 0 Å². The van der Waals surface area contributed by atoms with Gasteiger partial charge in [0.2, 0.25) is 0 Å². The number of nitrogens with zero attached hydrogens (tertiary/aromatic N) is 1. The number of hydrogen-bond donors (Lipinski definition) is 1. The molecule has 0 amide bonds. The third-order valence-electron chi connectivity index (χ3n) is 4.07. The lowest BCUT2D eigenvalue weighted by Gasteiger charge is -2.20. The Morgan fingerprint density at radius 1 is 1.00 bits per heavy atom. The van der Waals surface area contributed by atoms with Gasteiger partial charge in [0.05, 0.1) is 25.6 Å². The summed E-state index contributed by atoms with van der Waals surface area (Å²) in [7, 11) is 3.15. The predicted octanol–water partition coefficient (Wildman–Crippen LogP) is 4.70. The number of pyridine rings is 1. The Morgan fingerprint density at radius 2 is 1.76 bits per heavy atom. The average Bonchev–Trinajstić information content (AvgIpc) is 2.64. The van der Waals surface area contributed by atoms with Gasteiger partial charge in [0.1, 0.15) is 28.7 Å². The van der Waals surface area contributed by atoms with Crippen molar-refractivity contribution in [2.75, 3.05) is 19.5 Å². The molecule has 0 aliphatic carbocycles. The van der Waals surface area contributed by atoms with Gasteiger partial charge in [-0.2, -0.15) is 0 Å². The summed E-state index contributed by atoms with van der Waals surface area (Å²) < 4.78 is 38.8. The summed E-state index contributed by atoms with van der Waals surface area (Å²) in [6, 6.07) is 9.05. The van der Waals surface area contributed by atoms with Crippen LogP contribution in [-0.4, -0.2) is 19.2 Å². The summed E-state index contributed by atoms with van der Waals surface area (Å²) in [6.45, 7) is 1.91. The van der Waals surface area contributed by atoms with E-state index >= 15 is 0 Å². The maximum atomic E-state index is 14.2. The summed E-state index contributed by atoms with van der Waals surface area (Å²) in [5.41, 5.74) is 1.33. The lowest BCUT2D eigenvalue weighted by Crippen LogP contribution is -2.09. The number of anilines is 1. The van der Waals surface area contributed by atoms with E-state index in [4.69, 9.17) is 9.47 Å². The van der Waals surface area contributed by atoms with Gasteiger partial charge in [-0.3, -0.25) is 4.98 Å². The molecular formula is C19H18F2N2O2. The number of halogens is 2. The standard InChI is InChI=1S/C19H18F2N2O2/c1-11(13-5-4-12(24-2)10-17(13)25-3)23-16-8-9-22-19-15(21)7-6-14(20)18(16)19/h4-11H,1-3H3,(H,22,23). The number of rotatable bonds is 5. The van der Waals surface area contributed by atoms with Gasteiger partial charge in [-0.1, -0.05) is 0 Å². The predicted molar refractivity (Wildman–Crippen MR) is 93.2 cm³/mol. The molecule has 25 heavy (non-hydrogen) atoms. The van der Waals surface area contributed by atoms with Gasteiger partial charge in [0.15, 0.2) is 0 Å². The van der Waals surface area contributed by atoms with Crippen molar-refractivity contribution in [3.63, 3.8) is 0 Å². The van der Waals surface area contributed by atoms with Crippen LogP contribution >= 0.6 is 0 Å². The van der Waals surface area contributed by atoms with Gasteiger partial charge in [0, 0.05) is 23.5 Å². The first kappa shape index (κ1) is 17.0. The molecule has 0 radical (unpaired) electrons. The average molecular weight is 344 g/mol. The quantitative estimate of drug-likeness (QED) is 0.728. The molecule has 3 aromatic rings. The number of fused-ring (bicyclic) bond motifs is 1. The molecule has 1 atom stereocenters. The topological polar surface area (TPSA) is 43.4 Å². The highest BCUT2D eigenvalue weighted by molar-refractivity contribution is 5.92. The molecule has 1 unspecified atom stereocenters. The fourth-order valence-electron chi connectivity index (χ4n) is 2.80. The molecule has 0 fully saturated rings. The van der Waals surface area contributed by atoms with Gasteiger partial charge >= 0.3 is 0 Å². The first-order valence-corrected chi connectivity index (χ1v) is 7.76. The highest BCUT2D eigenvalue weighted by atomic mass is 19.1. The summed E-state index contributed by atoms with van der Waals surface area (Å²) in [5, 5.41) is 3.34. The molecule has 6 heteroatoms. The van der Waals surface area contributed by atoms with Crippen molar-refractivity contribution < 1.29 is 18.3 Å². The monoisotopic (exact) mass is 344 g/mol. The van der Waals surface area contributed by atoms with Crippen LogP contribution < -0.4 is 14.8 Å². The number of aromatic nitrogens is 1. The fraction of sp³-hybridized carbons (Fsp3) is 0.211. The maximum absolute atomic E-state index is 14.2. The van der Waals surface area contributed by atoms with Crippen molar-refractivity contribution in [3.8, 4) is 11.5 Å². The molecule has 3 rings (SSSR count). The Bertz CT molecular complexity index is 915. The minimum absolute atomic E-state index is 0.00102. The van der Waals surface area contributed by atoms with E-state index < -0.39 is 11.6 Å². The molecule has 0 aliphatic rings. The lowest BCUT2D eigenvalue weighted by molar-refractivity contribution is 0.390. The Balaban J connectivity index is 2.01. The minimum atomic E-state index is -0.560. The second-order valence-electron chi connectivity index (χ2n) is 5.59. The molecule has 1 N–H and O–H groups in total. The summed E-state index contributed by atoms with van der Waals surface area (Å²) in [6.07, 6.45) is 1.45. The van der Waals surface area contributed by atoms with Crippen LogP contribution in [0.25, 0.3) is 10.9 Å². The van der Waals surface area contributed by atoms with Crippen molar-refractivity contribution in [2.24, 2.45) is 0 Å². The van der Waals surface area contributed by atoms with Crippen LogP contribution in [0.15, 0.2) is 42.6 Å². The molecule has 2 aromatic carbocycles. The smallest absolute Gasteiger partial charge is 0.149 e. The number of hydrogen-bond acceptors (Lipinski definition) is 4. The van der Waals surface area contributed by atoms with Crippen LogP contribution in [0.5, 0.6) is 11.5 Å². The van der Waals surface area contributed by atoms with E-state index in [-0.39, 0.29) is 16.9 Å². The van der Waals surface area contributed by atoms with Crippen molar-refractivity contribution in [2.45, 2.75) is 13.0 Å². The van der Waals surface area contributed by atoms with E-state index in [0.29, 0.717) is 17.2 Å². The first-order chi connectivity index (χ1) is 12.0. The summed E-state index contributed by atoms with van der Waals surface area (Å²) >= 11 is 0. The molecule has 1 aromatic heterocycles. The zero-order valence-corrected chi connectivity index (χ0v) is 14.1. The molecule has 1 heterocycles. The van der Waals surface area contributed by atoms with Crippen LogP contribution in [0.4, 0.5) is 14.5 Å². The Morgan fingerprint density at radius 3 is 2.48 bits per heavy atom. The molecule has 130 valence electrons. The summed E-state index contributed by atoms with van der Waals surface area (Å²) in [5.74, 6) is 0.232. The number of nitrogens with one attached hydrogen (secondary N) is 1. The Hall–Kier alpha value is -2.89. The minimum Gasteiger partial charge on any atom is -0.497 e. The van der Waals surface area contributed by atoms with Gasteiger partial charge in [-0.05, 0) is 37.3 Å². The van der Waals surface area contributed by atoms with Crippen LogP contribution in [0.1, 0.15) is 18.5 Å².